The zero-order valence-electron chi connectivity index (χ0n) is 13.8. The first kappa shape index (κ1) is 16.3. The van der Waals surface area contributed by atoms with Crippen molar-refractivity contribution in [1.29, 1.82) is 0 Å². The molecule has 126 valence electrons. The van der Waals surface area contributed by atoms with Crippen molar-refractivity contribution in [1.82, 2.24) is 4.98 Å². The summed E-state index contributed by atoms with van der Waals surface area (Å²) in [6, 6.07) is 21.0. The summed E-state index contributed by atoms with van der Waals surface area (Å²) >= 11 is 5.95. The Morgan fingerprint density at radius 3 is 2.38 bits per heavy atom. The van der Waals surface area contributed by atoms with Gasteiger partial charge in [0.2, 0.25) is 0 Å². The van der Waals surface area contributed by atoms with E-state index >= 15 is 0 Å². The lowest BCUT2D eigenvalue weighted by Crippen LogP contribution is -2.25. The van der Waals surface area contributed by atoms with E-state index in [1.54, 1.807) is 17.3 Å². The van der Waals surface area contributed by atoms with Gasteiger partial charge in [0, 0.05) is 16.8 Å². The van der Waals surface area contributed by atoms with Crippen LogP contribution >= 0.6 is 11.6 Å². The Balaban J connectivity index is 1.81. The van der Waals surface area contributed by atoms with Crippen LogP contribution in [0.15, 0.2) is 90.8 Å². The number of benzene rings is 2. The lowest BCUT2D eigenvalue weighted by atomic mass is 10.1. The van der Waals surface area contributed by atoms with Crippen LogP contribution in [0.3, 0.4) is 0 Å². The fourth-order valence-corrected chi connectivity index (χ4v) is 3.04. The maximum absolute atomic E-state index is 13.1. The Bertz CT molecular complexity index is 993. The normalized spacial score (nSPS) is 15.4. The molecule has 0 saturated carbocycles. The zero-order valence-corrected chi connectivity index (χ0v) is 14.6. The van der Waals surface area contributed by atoms with Gasteiger partial charge in [-0.15, -0.1) is 0 Å². The molecule has 1 aliphatic rings. The fourth-order valence-electron chi connectivity index (χ4n) is 2.92. The molecule has 0 aliphatic carbocycles. The van der Waals surface area contributed by atoms with Crippen LogP contribution in [0.1, 0.15) is 11.1 Å². The van der Waals surface area contributed by atoms with Gasteiger partial charge in [-0.25, -0.2) is 0 Å². The number of carbonyl (C=O) groups is 1. The number of pyridine rings is 1. The van der Waals surface area contributed by atoms with Gasteiger partial charge in [-0.3, -0.25) is 14.7 Å². The van der Waals surface area contributed by atoms with E-state index in [1.807, 2.05) is 78.9 Å². The smallest absolute Gasteiger partial charge is 0.263 e. The monoisotopic (exact) mass is 358 g/mol. The minimum absolute atomic E-state index is 0.0770. The van der Waals surface area contributed by atoms with E-state index in [1.165, 1.54) is 0 Å². The van der Waals surface area contributed by atoms with Gasteiger partial charge < -0.3 is 0 Å². The van der Waals surface area contributed by atoms with Crippen molar-refractivity contribution in [3.05, 3.63) is 107 Å². The number of carbonyl (C=O) groups excluding carboxylic acids is 1. The molecule has 3 nitrogen and oxygen atoms in total. The van der Waals surface area contributed by atoms with Gasteiger partial charge in [0.15, 0.2) is 0 Å². The predicted molar refractivity (Wildman–Crippen MR) is 106 cm³/mol. The molecule has 0 unspecified atom stereocenters. The third-order valence-corrected chi connectivity index (χ3v) is 4.40. The molecule has 0 N–H and O–H groups in total. The van der Waals surface area contributed by atoms with E-state index in [-0.39, 0.29) is 5.91 Å². The molecule has 3 aromatic rings. The van der Waals surface area contributed by atoms with Crippen molar-refractivity contribution in [2.45, 2.75) is 0 Å². The molecular formula is C22H15ClN2O. The Labute approximate surface area is 156 Å². The number of halogens is 1. The van der Waals surface area contributed by atoms with Crippen LogP contribution in [0.4, 0.5) is 5.69 Å². The van der Waals surface area contributed by atoms with Crippen molar-refractivity contribution in [2.75, 3.05) is 4.90 Å². The Kier molecular flexibility index (Phi) is 4.38. The summed E-state index contributed by atoms with van der Waals surface area (Å²) in [5.41, 5.74) is 4.10. The molecule has 0 radical (unpaired) electrons. The molecule has 0 fully saturated rings. The summed E-state index contributed by atoms with van der Waals surface area (Å²) in [6.07, 6.45) is 7.18. The summed E-state index contributed by atoms with van der Waals surface area (Å²) in [5.74, 6) is -0.0770. The second-order valence-corrected chi connectivity index (χ2v) is 6.34. The second kappa shape index (κ2) is 6.98. The summed E-state index contributed by atoms with van der Waals surface area (Å²) in [7, 11) is 0. The van der Waals surface area contributed by atoms with E-state index in [0.29, 0.717) is 10.6 Å². The van der Waals surface area contributed by atoms with Gasteiger partial charge in [0.25, 0.3) is 5.91 Å². The number of aromatic nitrogens is 1. The maximum atomic E-state index is 13.1. The standard InChI is InChI=1S/C22H15ClN2O/c23-19-10-8-16(9-11-19)13-18-14-21(17-5-2-1-3-6-17)25(22(18)26)20-7-4-12-24-15-20/h1-15H/b18-13+. The first-order chi connectivity index (χ1) is 12.7. The largest absolute Gasteiger partial charge is 0.275 e. The average molecular weight is 359 g/mol. The lowest BCUT2D eigenvalue weighted by Gasteiger charge is -2.20. The highest BCUT2D eigenvalue weighted by Gasteiger charge is 2.30. The number of hydrogen-bond donors (Lipinski definition) is 0. The quantitative estimate of drug-likeness (QED) is 0.602. The topological polar surface area (TPSA) is 33.2 Å². The SMILES string of the molecule is O=C1/C(=C/c2ccc(Cl)cc2)C=C(c2ccccc2)N1c1cccnc1. The van der Waals surface area contributed by atoms with E-state index in [4.69, 9.17) is 11.6 Å². The first-order valence-electron chi connectivity index (χ1n) is 8.21. The third kappa shape index (κ3) is 3.17. The highest BCUT2D eigenvalue weighted by atomic mass is 35.5. The van der Waals surface area contributed by atoms with Gasteiger partial charge in [0.05, 0.1) is 17.6 Å². The van der Waals surface area contributed by atoms with Crippen molar-refractivity contribution in [3.63, 3.8) is 0 Å². The van der Waals surface area contributed by atoms with Crippen molar-refractivity contribution in [2.24, 2.45) is 0 Å². The number of amides is 1. The van der Waals surface area contributed by atoms with Crippen molar-refractivity contribution in [3.8, 4) is 0 Å². The predicted octanol–water partition coefficient (Wildman–Crippen LogP) is 5.21. The first-order valence-corrected chi connectivity index (χ1v) is 8.59. The van der Waals surface area contributed by atoms with Crippen LogP contribution in [-0.4, -0.2) is 10.9 Å². The van der Waals surface area contributed by atoms with E-state index in [0.717, 1.165) is 22.5 Å². The molecule has 0 spiro atoms. The Morgan fingerprint density at radius 1 is 0.923 bits per heavy atom. The van der Waals surface area contributed by atoms with Crippen LogP contribution in [-0.2, 0) is 4.79 Å². The Hall–Kier alpha value is -3.17. The lowest BCUT2D eigenvalue weighted by molar-refractivity contribution is -0.113. The molecule has 4 rings (SSSR count). The summed E-state index contributed by atoms with van der Waals surface area (Å²) in [5, 5.41) is 0.669. The van der Waals surface area contributed by atoms with Crippen LogP contribution in [0.5, 0.6) is 0 Å². The fraction of sp³-hybridized carbons (Fsp3) is 0. The number of rotatable bonds is 3. The minimum atomic E-state index is -0.0770. The van der Waals surface area contributed by atoms with Crippen LogP contribution in [0.2, 0.25) is 5.02 Å². The van der Waals surface area contributed by atoms with Crippen LogP contribution in [0.25, 0.3) is 11.8 Å². The average Bonchev–Trinajstić information content (AvgIpc) is 3.01. The van der Waals surface area contributed by atoms with Crippen molar-refractivity contribution >= 4 is 35.0 Å². The van der Waals surface area contributed by atoms with Gasteiger partial charge >= 0.3 is 0 Å². The van der Waals surface area contributed by atoms with Crippen LogP contribution < -0.4 is 4.90 Å². The molecule has 0 atom stereocenters. The zero-order chi connectivity index (χ0) is 17.9. The second-order valence-electron chi connectivity index (χ2n) is 5.90. The van der Waals surface area contributed by atoms with E-state index in [2.05, 4.69) is 4.98 Å². The molecule has 1 amide bonds. The third-order valence-electron chi connectivity index (χ3n) is 4.15. The molecule has 1 aromatic heterocycles. The molecular weight excluding hydrogens is 344 g/mol. The van der Waals surface area contributed by atoms with Crippen molar-refractivity contribution < 1.29 is 4.79 Å². The summed E-state index contributed by atoms with van der Waals surface area (Å²) in [6.45, 7) is 0. The number of hydrogen-bond acceptors (Lipinski definition) is 2. The van der Waals surface area contributed by atoms with E-state index < -0.39 is 0 Å². The summed E-state index contributed by atoms with van der Waals surface area (Å²) < 4.78 is 0. The highest BCUT2D eigenvalue weighted by molar-refractivity contribution is 6.30. The molecule has 0 saturated heterocycles. The molecule has 0 bridgehead atoms. The van der Waals surface area contributed by atoms with E-state index in [9.17, 15) is 4.79 Å². The van der Waals surface area contributed by atoms with Crippen LogP contribution in [0, 0.1) is 0 Å². The maximum Gasteiger partial charge on any atom is 0.263 e. The van der Waals surface area contributed by atoms with Gasteiger partial charge in [-0.2, -0.15) is 0 Å². The number of nitrogens with zero attached hydrogens (tertiary/aromatic N) is 2. The van der Waals surface area contributed by atoms with Gasteiger partial charge in [-0.1, -0.05) is 54.1 Å². The molecule has 4 heteroatoms. The molecule has 1 aliphatic heterocycles. The number of anilines is 1. The highest BCUT2D eigenvalue weighted by Crippen LogP contribution is 2.34. The van der Waals surface area contributed by atoms with Gasteiger partial charge in [-0.05, 0) is 47.5 Å². The van der Waals surface area contributed by atoms with Gasteiger partial charge in [0.1, 0.15) is 0 Å². The minimum Gasteiger partial charge on any atom is -0.275 e. The summed E-state index contributed by atoms with van der Waals surface area (Å²) in [4.78, 5) is 19.0. The molecule has 2 heterocycles. The molecule has 2 aromatic carbocycles. The molecule has 26 heavy (non-hydrogen) atoms. The Morgan fingerprint density at radius 2 is 1.69 bits per heavy atom.